The SMILES string of the molecule is COc1ccc2c(c1)OCC(C(=O)OCC(=O)N1CC(C)CC(C)C1)C2. The van der Waals surface area contributed by atoms with Gasteiger partial charge >= 0.3 is 5.97 Å². The lowest BCUT2D eigenvalue weighted by atomic mass is 9.92. The van der Waals surface area contributed by atoms with Crippen molar-refractivity contribution < 1.29 is 23.8 Å². The van der Waals surface area contributed by atoms with Gasteiger partial charge in [-0.05, 0) is 36.3 Å². The minimum Gasteiger partial charge on any atom is -0.497 e. The molecule has 2 heterocycles. The van der Waals surface area contributed by atoms with Crippen LogP contribution in [0.3, 0.4) is 0 Å². The number of methoxy groups -OCH3 is 1. The maximum absolute atomic E-state index is 12.3. The van der Waals surface area contributed by atoms with Crippen LogP contribution in [0.25, 0.3) is 0 Å². The third-order valence-corrected chi connectivity index (χ3v) is 5.07. The first-order chi connectivity index (χ1) is 12.5. The number of nitrogens with zero attached hydrogens (tertiary/aromatic N) is 1. The molecule has 1 aromatic rings. The Morgan fingerprint density at radius 1 is 1.23 bits per heavy atom. The predicted molar refractivity (Wildman–Crippen MR) is 96.2 cm³/mol. The average Bonchev–Trinajstić information content (AvgIpc) is 2.64. The van der Waals surface area contributed by atoms with Crippen molar-refractivity contribution in [2.24, 2.45) is 17.8 Å². The van der Waals surface area contributed by atoms with Crippen molar-refractivity contribution in [1.82, 2.24) is 4.90 Å². The normalized spacial score (nSPS) is 25.0. The Balaban J connectivity index is 1.51. The Bertz CT molecular complexity index is 664. The molecule has 6 heteroatoms. The molecule has 1 amide bonds. The van der Waals surface area contributed by atoms with E-state index in [1.54, 1.807) is 7.11 Å². The molecule has 0 aromatic heterocycles. The fraction of sp³-hybridized carbons (Fsp3) is 0.600. The first-order valence-corrected chi connectivity index (χ1v) is 9.20. The monoisotopic (exact) mass is 361 g/mol. The van der Waals surface area contributed by atoms with E-state index < -0.39 is 0 Å². The molecule has 3 rings (SSSR count). The topological polar surface area (TPSA) is 65.1 Å². The van der Waals surface area contributed by atoms with Crippen LogP contribution >= 0.6 is 0 Å². The zero-order valence-electron chi connectivity index (χ0n) is 15.7. The van der Waals surface area contributed by atoms with Gasteiger partial charge in [-0.2, -0.15) is 0 Å². The lowest BCUT2D eigenvalue weighted by Gasteiger charge is -2.35. The fourth-order valence-electron chi connectivity index (χ4n) is 3.84. The van der Waals surface area contributed by atoms with Crippen LogP contribution < -0.4 is 9.47 Å². The number of rotatable bonds is 4. The first kappa shape index (κ1) is 18.5. The van der Waals surface area contributed by atoms with Gasteiger partial charge in [0.15, 0.2) is 6.61 Å². The Morgan fingerprint density at radius 3 is 2.65 bits per heavy atom. The number of likely N-dealkylation sites (tertiary alicyclic amines) is 1. The number of piperidine rings is 1. The van der Waals surface area contributed by atoms with E-state index in [1.165, 1.54) is 0 Å². The van der Waals surface area contributed by atoms with Gasteiger partial charge in [-0.3, -0.25) is 9.59 Å². The summed E-state index contributed by atoms with van der Waals surface area (Å²) in [5.41, 5.74) is 0.948. The number of benzene rings is 1. The van der Waals surface area contributed by atoms with E-state index in [4.69, 9.17) is 14.2 Å². The maximum atomic E-state index is 12.3. The van der Waals surface area contributed by atoms with E-state index in [0.717, 1.165) is 36.6 Å². The van der Waals surface area contributed by atoms with Crippen molar-refractivity contribution in [3.63, 3.8) is 0 Å². The molecule has 0 N–H and O–H groups in total. The Morgan fingerprint density at radius 2 is 1.96 bits per heavy atom. The van der Waals surface area contributed by atoms with Gasteiger partial charge in [-0.25, -0.2) is 0 Å². The summed E-state index contributed by atoms with van der Waals surface area (Å²) in [5.74, 6) is 1.55. The second-order valence-electron chi connectivity index (χ2n) is 7.54. The molecule has 0 spiro atoms. The lowest BCUT2D eigenvalue weighted by Crippen LogP contribution is -2.44. The van der Waals surface area contributed by atoms with Crippen LogP contribution in [0.2, 0.25) is 0 Å². The zero-order chi connectivity index (χ0) is 18.7. The molecule has 3 atom stereocenters. The van der Waals surface area contributed by atoms with Gasteiger partial charge in [0.25, 0.3) is 5.91 Å². The van der Waals surface area contributed by atoms with E-state index in [0.29, 0.717) is 18.3 Å². The third kappa shape index (κ3) is 4.29. The molecule has 3 unspecified atom stereocenters. The second-order valence-corrected chi connectivity index (χ2v) is 7.54. The quantitative estimate of drug-likeness (QED) is 0.770. The Kier molecular flexibility index (Phi) is 5.69. The van der Waals surface area contributed by atoms with Crippen molar-refractivity contribution in [2.75, 3.05) is 33.4 Å². The van der Waals surface area contributed by atoms with Crippen molar-refractivity contribution in [3.8, 4) is 11.5 Å². The van der Waals surface area contributed by atoms with Gasteiger partial charge in [-0.1, -0.05) is 19.9 Å². The highest BCUT2D eigenvalue weighted by atomic mass is 16.5. The van der Waals surface area contributed by atoms with E-state index >= 15 is 0 Å². The second kappa shape index (κ2) is 7.98. The van der Waals surface area contributed by atoms with Crippen molar-refractivity contribution >= 4 is 11.9 Å². The van der Waals surface area contributed by atoms with Crippen molar-refractivity contribution in [3.05, 3.63) is 23.8 Å². The molecule has 0 radical (unpaired) electrons. The summed E-state index contributed by atoms with van der Waals surface area (Å²) in [5, 5.41) is 0. The molecular weight excluding hydrogens is 334 g/mol. The number of carbonyl (C=O) groups is 2. The number of hydrogen-bond donors (Lipinski definition) is 0. The zero-order valence-corrected chi connectivity index (χ0v) is 15.7. The molecule has 142 valence electrons. The molecule has 0 saturated carbocycles. The van der Waals surface area contributed by atoms with Gasteiger partial charge in [0.1, 0.15) is 18.1 Å². The number of hydrogen-bond acceptors (Lipinski definition) is 5. The summed E-state index contributed by atoms with van der Waals surface area (Å²) in [4.78, 5) is 26.5. The van der Waals surface area contributed by atoms with E-state index in [2.05, 4.69) is 13.8 Å². The smallest absolute Gasteiger partial charge is 0.313 e. The van der Waals surface area contributed by atoms with Crippen LogP contribution in [0.5, 0.6) is 11.5 Å². The summed E-state index contributed by atoms with van der Waals surface area (Å²) in [6, 6.07) is 5.56. The number of carbonyl (C=O) groups excluding carboxylic acids is 2. The van der Waals surface area contributed by atoms with Crippen LogP contribution in [0.1, 0.15) is 25.8 Å². The van der Waals surface area contributed by atoms with Crippen molar-refractivity contribution in [2.45, 2.75) is 26.7 Å². The molecule has 1 aromatic carbocycles. The van der Waals surface area contributed by atoms with Crippen LogP contribution in [-0.4, -0.2) is 50.2 Å². The molecule has 0 bridgehead atoms. The van der Waals surface area contributed by atoms with Crippen molar-refractivity contribution in [1.29, 1.82) is 0 Å². The molecule has 2 aliphatic rings. The maximum Gasteiger partial charge on any atom is 0.313 e. The summed E-state index contributed by atoms with van der Waals surface area (Å²) in [6.07, 6.45) is 1.68. The Labute approximate surface area is 154 Å². The summed E-state index contributed by atoms with van der Waals surface area (Å²) in [6.45, 7) is 5.83. The van der Waals surface area contributed by atoms with E-state index in [1.807, 2.05) is 23.1 Å². The number of amides is 1. The van der Waals surface area contributed by atoms with E-state index in [-0.39, 0.29) is 31.0 Å². The summed E-state index contributed by atoms with van der Waals surface area (Å²) >= 11 is 0. The van der Waals surface area contributed by atoms with Crippen LogP contribution in [-0.2, 0) is 20.7 Å². The molecule has 1 fully saturated rings. The standard InChI is InChI=1S/C20H27NO5/c1-13-6-14(2)10-21(9-13)19(22)12-26-20(23)16-7-15-4-5-17(24-3)8-18(15)25-11-16/h4-5,8,13-14,16H,6-7,9-12H2,1-3H3. The number of fused-ring (bicyclic) bond motifs is 1. The van der Waals surface area contributed by atoms with E-state index in [9.17, 15) is 9.59 Å². The van der Waals surface area contributed by atoms with Gasteiger partial charge in [0.2, 0.25) is 0 Å². The molecular formula is C20H27NO5. The number of ether oxygens (including phenoxy) is 3. The molecule has 0 aliphatic carbocycles. The van der Waals surface area contributed by atoms with Gasteiger partial charge in [0.05, 0.1) is 13.0 Å². The molecule has 2 aliphatic heterocycles. The van der Waals surface area contributed by atoms with Gasteiger partial charge in [0, 0.05) is 19.2 Å². The van der Waals surface area contributed by atoms with Crippen LogP contribution in [0.15, 0.2) is 18.2 Å². The van der Waals surface area contributed by atoms with Gasteiger partial charge < -0.3 is 19.1 Å². The highest BCUT2D eigenvalue weighted by molar-refractivity contribution is 5.81. The van der Waals surface area contributed by atoms with Crippen LogP contribution in [0.4, 0.5) is 0 Å². The summed E-state index contributed by atoms with van der Waals surface area (Å²) in [7, 11) is 1.60. The minimum atomic E-state index is -0.386. The number of esters is 1. The molecule has 26 heavy (non-hydrogen) atoms. The molecule has 1 saturated heterocycles. The van der Waals surface area contributed by atoms with Crippen LogP contribution in [0, 0.1) is 17.8 Å². The highest BCUT2D eigenvalue weighted by Crippen LogP contribution is 2.31. The fourth-order valence-corrected chi connectivity index (χ4v) is 3.84. The first-order valence-electron chi connectivity index (χ1n) is 9.20. The third-order valence-electron chi connectivity index (χ3n) is 5.07. The molecule has 6 nitrogen and oxygen atoms in total. The lowest BCUT2D eigenvalue weighted by molar-refractivity contribution is -0.157. The largest absolute Gasteiger partial charge is 0.497 e. The van der Waals surface area contributed by atoms with Gasteiger partial charge in [-0.15, -0.1) is 0 Å². The average molecular weight is 361 g/mol. The summed E-state index contributed by atoms with van der Waals surface area (Å²) < 4.78 is 16.1. The Hall–Kier alpha value is -2.24. The highest BCUT2D eigenvalue weighted by Gasteiger charge is 2.30. The predicted octanol–water partition coefficient (Wildman–Crippen LogP) is 2.29. The minimum absolute atomic E-state index is 0.112.